The van der Waals surface area contributed by atoms with Gasteiger partial charge in [0.05, 0.1) is 11.3 Å². The molecule has 2 aromatic rings. The number of nitrogens with one attached hydrogen (secondary N) is 1. The Morgan fingerprint density at radius 1 is 1.32 bits per heavy atom. The van der Waals surface area contributed by atoms with Crippen molar-refractivity contribution in [2.24, 2.45) is 0 Å². The number of hydrogen-bond donors (Lipinski definition) is 1. The second-order valence-corrected chi connectivity index (χ2v) is 6.67. The van der Waals surface area contributed by atoms with Crippen LogP contribution in [0.15, 0.2) is 30.6 Å². The molecule has 1 amide bonds. The number of hydrogen-bond acceptors (Lipinski definition) is 4. The van der Waals surface area contributed by atoms with Gasteiger partial charge in [-0.2, -0.15) is 5.10 Å². The summed E-state index contributed by atoms with van der Waals surface area (Å²) in [6, 6.07) is 6.19. The van der Waals surface area contributed by atoms with Gasteiger partial charge in [0.1, 0.15) is 5.82 Å². The summed E-state index contributed by atoms with van der Waals surface area (Å²) in [5.74, 6) is 1.01. The van der Waals surface area contributed by atoms with Crippen LogP contribution in [0.2, 0.25) is 0 Å². The van der Waals surface area contributed by atoms with Crippen molar-refractivity contribution >= 4 is 11.7 Å². The second-order valence-electron chi connectivity index (χ2n) is 6.67. The molecule has 1 N–H and O–H groups in total. The zero-order valence-corrected chi connectivity index (χ0v) is 15.1. The number of piperidine rings is 1. The first-order chi connectivity index (χ1) is 12.2. The molecule has 3 heterocycles. The smallest absolute Gasteiger partial charge is 0.254 e. The van der Waals surface area contributed by atoms with E-state index >= 15 is 0 Å². The van der Waals surface area contributed by atoms with E-state index in [1.165, 1.54) is 0 Å². The Hall–Kier alpha value is -2.37. The first-order valence-electron chi connectivity index (χ1n) is 9.18. The summed E-state index contributed by atoms with van der Waals surface area (Å²) >= 11 is 0. The number of pyridine rings is 1. The third-order valence-electron chi connectivity index (χ3n) is 4.74. The molecule has 1 fully saturated rings. The molecule has 6 nitrogen and oxygen atoms in total. The Morgan fingerprint density at radius 2 is 2.12 bits per heavy atom. The Labute approximate surface area is 149 Å². The summed E-state index contributed by atoms with van der Waals surface area (Å²) in [5.41, 5.74) is 1.50. The monoisotopic (exact) mass is 341 g/mol. The lowest BCUT2D eigenvalue weighted by molar-refractivity contribution is 0.0930. The summed E-state index contributed by atoms with van der Waals surface area (Å²) in [6.07, 6.45) is 7.77. The number of anilines is 1. The van der Waals surface area contributed by atoms with Crippen LogP contribution < -0.4 is 10.2 Å². The van der Waals surface area contributed by atoms with Crippen LogP contribution in [0.5, 0.6) is 0 Å². The number of aromatic nitrogens is 3. The largest absolute Gasteiger partial charge is 0.356 e. The van der Waals surface area contributed by atoms with Crippen LogP contribution >= 0.6 is 0 Å². The zero-order chi connectivity index (χ0) is 17.6. The Bertz CT molecular complexity index is 689. The standard InChI is InChI=1S/C19H27N5O/c1-3-4-11-24-14-17(15(2)22-24)19(25)21-16-8-12-23(13-9-16)18-7-5-6-10-20-18/h5-7,10,14,16H,3-4,8-9,11-13H2,1-2H3,(H,21,25). The van der Waals surface area contributed by atoms with Crippen LogP contribution in [0.25, 0.3) is 0 Å². The minimum absolute atomic E-state index is 0.00321. The van der Waals surface area contributed by atoms with E-state index < -0.39 is 0 Å². The van der Waals surface area contributed by atoms with Crippen LogP contribution in [0.1, 0.15) is 48.7 Å². The molecule has 0 atom stereocenters. The Kier molecular flexibility index (Phi) is 5.68. The topological polar surface area (TPSA) is 63.1 Å². The molecule has 1 aliphatic heterocycles. The molecular weight excluding hydrogens is 314 g/mol. The van der Waals surface area contributed by atoms with E-state index in [4.69, 9.17) is 0 Å². The number of nitrogens with zero attached hydrogens (tertiary/aromatic N) is 4. The zero-order valence-electron chi connectivity index (χ0n) is 15.1. The lowest BCUT2D eigenvalue weighted by Gasteiger charge is -2.33. The fourth-order valence-corrected chi connectivity index (χ4v) is 3.23. The summed E-state index contributed by atoms with van der Waals surface area (Å²) in [5, 5.41) is 7.63. The summed E-state index contributed by atoms with van der Waals surface area (Å²) in [4.78, 5) is 19.3. The average Bonchev–Trinajstić information content (AvgIpc) is 3.02. The third-order valence-corrected chi connectivity index (χ3v) is 4.74. The van der Waals surface area contributed by atoms with Crippen molar-refractivity contribution in [1.82, 2.24) is 20.1 Å². The van der Waals surface area contributed by atoms with Crippen LogP contribution in [-0.4, -0.2) is 39.8 Å². The molecule has 6 heteroatoms. The predicted molar refractivity (Wildman–Crippen MR) is 98.8 cm³/mol. The highest BCUT2D eigenvalue weighted by atomic mass is 16.1. The van der Waals surface area contributed by atoms with E-state index in [1.807, 2.05) is 42.2 Å². The van der Waals surface area contributed by atoms with Gasteiger partial charge in [-0.3, -0.25) is 9.48 Å². The normalized spacial score (nSPS) is 15.4. The number of rotatable bonds is 6. The van der Waals surface area contributed by atoms with Crippen molar-refractivity contribution in [2.75, 3.05) is 18.0 Å². The van der Waals surface area contributed by atoms with Gasteiger partial charge in [-0.05, 0) is 38.3 Å². The van der Waals surface area contributed by atoms with Crippen LogP contribution in [-0.2, 0) is 6.54 Å². The molecule has 0 saturated carbocycles. The van der Waals surface area contributed by atoms with Crippen LogP contribution in [0.3, 0.4) is 0 Å². The lowest BCUT2D eigenvalue weighted by Crippen LogP contribution is -2.45. The number of carbonyl (C=O) groups is 1. The van der Waals surface area contributed by atoms with Crippen LogP contribution in [0.4, 0.5) is 5.82 Å². The third kappa shape index (κ3) is 4.38. The molecule has 0 aliphatic carbocycles. The summed E-state index contributed by atoms with van der Waals surface area (Å²) in [6.45, 7) is 6.75. The van der Waals surface area contributed by atoms with Gasteiger partial charge in [-0.15, -0.1) is 0 Å². The number of amides is 1. The molecule has 0 spiro atoms. The summed E-state index contributed by atoms with van der Waals surface area (Å²) < 4.78 is 1.89. The highest BCUT2D eigenvalue weighted by Crippen LogP contribution is 2.18. The van der Waals surface area contributed by atoms with Crippen molar-refractivity contribution < 1.29 is 4.79 Å². The molecule has 25 heavy (non-hydrogen) atoms. The van der Waals surface area contributed by atoms with Gasteiger partial charge in [0.2, 0.25) is 0 Å². The minimum atomic E-state index is -0.00321. The fraction of sp³-hybridized carbons (Fsp3) is 0.526. The number of aryl methyl sites for hydroxylation is 2. The number of carbonyl (C=O) groups excluding carboxylic acids is 1. The maximum Gasteiger partial charge on any atom is 0.254 e. The highest BCUT2D eigenvalue weighted by molar-refractivity contribution is 5.95. The molecule has 0 unspecified atom stereocenters. The Balaban J connectivity index is 1.53. The first-order valence-corrected chi connectivity index (χ1v) is 9.18. The van der Waals surface area contributed by atoms with Crippen molar-refractivity contribution in [3.63, 3.8) is 0 Å². The lowest BCUT2D eigenvalue weighted by atomic mass is 10.0. The van der Waals surface area contributed by atoms with Crippen molar-refractivity contribution in [1.29, 1.82) is 0 Å². The molecule has 3 rings (SSSR count). The molecule has 0 radical (unpaired) electrons. The molecule has 134 valence electrons. The van der Waals surface area contributed by atoms with Gasteiger partial charge in [-0.1, -0.05) is 19.4 Å². The van der Waals surface area contributed by atoms with Gasteiger partial charge in [0.25, 0.3) is 5.91 Å². The van der Waals surface area contributed by atoms with E-state index in [1.54, 1.807) is 0 Å². The Morgan fingerprint density at radius 3 is 2.80 bits per heavy atom. The van der Waals surface area contributed by atoms with Gasteiger partial charge >= 0.3 is 0 Å². The van der Waals surface area contributed by atoms with Crippen LogP contribution in [0, 0.1) is 6.92 Å². The van der Waals surface area contributed by atoms with E-state index in [0.29, 0.717) is 5.56 Å². The van der Waals surface area contributed by atoms with Crippen molar-refractivity contribution in [3.05, 3.63) is 41.9 Å². The molecule has 0 bridgehead atoms. The van der Waals surface area contributed by atoms with Gasteiger partial charge in [-0.25, -0.2) is 4.98 Å². The molecular formula is C19H27N5O. The predicted octanol–water partition coefficient (Wildman–Crippen LogP) is 2.79. The quantitative estimate of drug-likeness (QED) is 0.877. The van der Waals surface area contributed by atoms with Crippen molar-refractivity contribution in [2.45, 2.75) is 52.1 Å². The molecule has 1 saturated heterocycles. The molecule has 0 aromatic carbocycles. The fourth-order valence-electron chi connectivity index (χ4n) is 3.23. The maximum atomic E-state index is 12.6. The minimum Gasteiger partial charge on any atom is -0.356 e. The molecule has 1 aliphatic rings. The van der Waals surface area contributed by atoms with E-state index in [2.05, 4.69) is 27.2 Å². The SMILES string of the molecule is CCCCn1cc(C(=O)NC2CCN(c3ccccn3)CC2)c(C)n1. The van der Waals surface area contributed by atoms with Gasteiger partial charge < -0.3 is 10.2 Å². The van der Waals surface area contributed by atoms with E-state index in [-0.39, 0.29) is 11.9 Å². The number of unbranched alkanes of at least 4 members (excludes halogenated alkanes) is 1. The van der Waals surface area contributed by atoms with Gasteiger partial charge in [0, 0.05) is 38.1 Å². The second kappa shape index (κ2) is 8.14. The van der Waals surface area contributed by atoms with E-state index in [0.717, 1.165) is 56.8 Å². The van der Waals surface area contributed by atoms with Gasteiger partial charge in [0.15, 0.2) is 0 Å². The first kappa shape index (κ1) is 17.5. The maximum absolute atomic E-state index is 12.6. The van der Waals surface area contributed by atoms with Crippen molar-refractivity contribution in [3.8, 4) is 0 Å². The molecule has 2 aromatic heterocycles. The average molecular weight is 341 g/mol. The van der Waals surface area contributed by atoms with E-state index in [9.17, 15) is 4.79 Å². The summed E-state index contributed by atoms with van der Waals surface area (Å²) in [7, 11) is 0. The highest BCUT2D eigenvalue weighted by Gasteiger charge is 2.23.